The lowest BCUT2D eigenvalue weighted by molar-refractivity contribution is 0.0962. The van der Waals surface area contributed by atoms with Crippen LogP contribution in [0.2, 0.25) is 5.02 Å². The molecule has 0 bridgehead atoms. The molecule has 18 heavy (non-hydrogen) atoms. The second kappa shape index (κ2) is 7.55. The Labute approximate surface area is 115 Å². The third kappa shape index (κ3) is 5.19. The first-order valence-corrected chi connectivity index (χ1v) is 6.91. The SMILES string of the molecule is CCN(CCC(=O)c1ccc(Cl)cc1)CC(C)C. The molecule has 0 fully saturated rings. The van der Waals surface area contributed by atoms with Crippen molar-refractivity contribution in [3.05, 3.63) is 34.9 Å². The Morgan fingerprint density at radius 1 is 1.28 bits per heavy atom. The van der Waals surface area contributed by atoms with Gasteiger partial charge in [-0.25, -0.2) is 0 Å². The molecule has 1 aromatic rings. The van der Waals surface area contributed by atoms with Crippen LogP contribution in [0.5, 0.6) is 0 Å². The van der Waals surface area contributed by atoms with E-state index in [0.29, 0.717) is 17.4 Å². The van der Waals surface area contributed by atoms with E-state index in [4.69, 9.17) is 11.6 Å². The molecule has 0 aromatic heterocycles. The van der Waals surface area contributed by atoms with Gasteiger partial charge >= 0.3 is 0 Å². The monoisotopic (exact) mass is 267 g/mol. The van der Waals surface area contributed by atoms with Crippen molar-refractivity contribution in [2.24, 2.45) is 5.92 Å². The molecule has 0 spiro atoms. The predicted octanol–water partition coefficient (Wildman–Crippen LogP) is 3.89. The Balaban J connectivity index is 2.47. The van der Waals surface area contributed by atoms with Gasteiger partial charge in [0.25, 0.3) is 0 Å². The molecule has 1 aromatic carbocycles. The van der Waals surface area contributed by atoms with E-state index < -0.39 is 0 Å². The Bertz CT molecular complexity index is 373. The summed E-state index contributed by atoms with van der Waals surface area (Å²) in [7, 11) is 0. The molecule has 3 heteroatoms. The smallest absolute Gasteiger partial charge is 0.164 e. The summed E-state index contributed by atoms with van der Waals surface area (Å²) in [5.41, 5.74) is 0.750. The quantitative estimate of drug-likeness (QED) is 0.699. The van der Waals surface area contributed by atoms with Crippen LogP contribution < -0.4 is 0 Å². The molecular weight excluding hydrogens is 246 g/mol. The first-order valence-electron chi connectivity index (χ1n) is 6.54. The van der Waals surface area contributed by atoms with Gasteiger partial charge in [-0.15, -0.1) is 0 Å². The number of benzene rings is 1. The number of carbonyl (C=O) groups excluding carboxylic acids is 1. The van der Waals surface area contributed by atoms with Gasteiger partial charge in [-0.3, -0.25) is 4.79 Å². The Morgan fingerprint density at radius 3 is 2.39 bits per heavy atom. The zero-order chi connectivity index (χ0) is 13.5. The van der Waals surface area contributed by atoms with Gasteiger partial charge in [-0.05, 0) is 36.7 Å². The molecule has 0 saturated heterocycles. The topological polar surface area (TPSA) is 20.3 Å². The van der Waals surface area contributed by atoms with Crippen LogP contribution in [0.1, 0.15) is 37.6 Å². The van der Waals surface area contributed by atoms with E-state index in [2.05, 4.69) is 25.7 Å². The fourth-order valence-corrected chi connectivity index (χ4v) is 2.06. The van der Waals surface area contributed by atoms with Gasteiger partial charge in [-0.2, -0.15) is 0 Å². The van der Waals surface area contributed by atoms with Crippen LogP contribution in [0.15, 0.2) is 24.3 Å². The van der Waals surface area contributed by atoms with Crippen LogP contribution in [0.25, 0.3) is 0 Å². The molecule has 0 atom stereocenters. The first kappa shape index (κ1) is 15.2. The molecule has 0 aliphatic heterocycles. The Kier molecular flexibility index (Phi) is 6.37. The highest BCUT2D eigenvalue weighted by Crippen LogP contribution is 2.11. The number of halogens is 1. The molecule has 0 aliphatic carbocycles. The molecule has 0 radical (unpaired) electrons. The third-order valence-corrected chi connectivity index (χ3v) is 3.14. The summed E-state index contributed by atoms with van der Waals surface area (Å²) < 4.78 is 0. The van der Waals surface area contributed by atoms with Crippen molar-refractivity contribution in [3.8, 4) is 0 Å². The highest BCUT2D eigenvalue weighted by atomic mass is 35.5. The molecule has 0 heterocycles. The second-order valence-corrected chi connectivity index (χ2v) is 5.40. The maximum atomic E-state index is 12.0. The lowest BCUT2D eigenvalue weighted by Gasteiger charge is -2.21. The minimum absolute atomic E-state index is 0.189. The molecule has 0 N–H and O–H groups in total. The minimum Gasteiger partial charge on any atom is -0.303 e. The van der Waals surface area contributed by atoms with E-state index in [1.54, 1.807) is 24.3 Å². The molecular formula is C15H22ClNO. The molecule has 1 rings (SSSR count). The summed E-state index contributed by atoms with van der Waals surface area (Å²) in [4.78, 5) is 14.3. The van der Waals surface area contributed by atoms with Crippen LogP contribution in [-0.2, 0) is 0 Å². The largest absolute Gasteiger partial charge is 0.303 e. The lowest BCUT2D eigenvalue weighted by atomic mass is 10.1. The zero-order valence-corrected chi connectivity index (χ0v) is 12.2. The first-order chi connectivity index (χ1) is 8.52. The highest BCUT2D eigenvalue weighted by molar-refractivity contribution is 6.30. The summed E-state index contributed by atoms with van der Waals surface area (Å²) in [5.74, 6) is 0.824. The van der Waals surface area contributed by atoms with Gasteiger partial charge in [0, 0.05) is 30.1 Å². The number of Topliss-reactive ketones (excluding diaryl/α,β-unsaturated/α-hetero) is 1. The molecule has 100 valence electrons. The Morgan fingerprint density at radius 2 is 1.89 bits per heavy atom. The summed E-state index contributed by atoms with van der Waals surface area (Å²) >= 11 is 5.80. The van der Waals surface area contributed by atoms with Gasteiger partial charge in [0.1, 0.15) is 0 Å². The number of hydrogen-bond acceptors (Lipinski definition) is 2. The average Bonchev–Trinajstić information content (AvgIpc) is 2.34. The van der Waals surface area contributed by atoms with Crippen molar-refractivity contribution >= 4 is 17.4 Å². The van der Waals surface area contributed by atoms with Crippen molar-refractivity contribution < 1.29 is 4.79 Å². The summed E-state index contributed by atoms with van der Waals surface area (Å²) in [6.07, 6.45) is 0.572. The van der Waals surface area contributed by atoms with Gasteiger partial charge in [0.05, 0.1) is 0 Å². The van der Waals surface area contributed by atoms with Crippen molar-refractivity contribution in [2.75, 3.05) is 19.6 Å². The van der Waals surface area contributed by atoms with Gasteiger partial charge in [0.15, 0.2) is 5.78 Å². The minimum atomic E-state index is 0.189. The van der Waals surface area contributed by atoms with E-state index in [0.717, 1.165) is 25.2 Å². The summed E-state index contributed by atoms with van der Waals surface area (Å²) in [5, 5.41) is 0.668. The third-order valence-electron chi connectivity index (χ3n) is 2.89. The van der Waals surface area contributed by atoms with Crippen LogP contribution in [0.3, 0.4) is 0 Å². The van der Waals surface area contributed by atoms with Crippen LogP contribution in [0, 0.1) is 5.92 Å². The van der Waals surface area contributed by atoms with Gasteiger partial charge < -0.3 is 4.90 Å². The number of nitrogens with zero attached hydrogens (tertiary/aromatic N) is 1. The molecule has 0 saturated carbocycles. The molecule has 0 amide bonds. The van der Waals surface area contributed by atoms with Crippen molar-refractivity contribution in [1.82, 2.24) is 4.90 Å². The van der Waals surface area contributed by atoms with E-state index >= 15 is 0 Å². The van der Waals surface area contributed by atoms with Crippen LogP contribution in [0.4, 0.5) is 0 Å². The van der Waals surface area contributed by atoms with E-state index in [9.17, 15) is 4.79 Å². The van der Waals surface area contributed by atoms with Gasteiger partial charge in [-0.1, -0.05) is 32.4 Å². The van der Waals surface area contributed by atoms with Crippen LogP contribution in [-0.4, -0.2) is 30.3 Å². The molecule has 0 unspecified atom stereocenters. The molecule has 2 nitrogen and oxygen atoms in total. The lowest BCUT2D eigenvalue weighted by Crippen LogP contribution is -2.29. The molecule has 0 aliphatic rings. The average molecular weight is 268 g/mol. The Hall–Kier alpha value is -0.860. The zero-order valence-electron chi connectivity index (χ0n) is 11.4. The fraction of sp³-hybridized carbons (Fsp3) is 0.533. The standard InChI is InChI=1S/C15H22ClNO/c1-4-17(11-12(2)3)10-9-15(18)13-5-7-14(16)8-6-13/h5-8,12H,4,9-11H2,1-3H3. The second-order valence-electron chi connectivity index (χ2n) is 4.97. The number of ketones is 1. The van der Waals surface area contributed by atoms with Crippen molar-refractivity contribution in [2.45, 2.75) is 27.2 Å². The number of hydrogen-bond donors (Lipinski definition) is 0. The van der Waals surface area contributed by atoms with E-state index in [1.807, 2.05) is 0 Å². The maximum Gasteiger partial charge on any atom is 0.164 e. The number of rotatable bonds is 7. The van der Waals surface area contributed by atoms with Crippen molar-refractivity contribution in [3.63, 3.8) is 0 Å². The maximum absolute atomic E-state index is 12.0. The highest BCUT2D eigenvalue weighted by Gasteiger charge is 2.10. The fourth-order valence-electron chi connectivity index (χ4n) is 1.93. The predicted molar refractivity (Wildman–Crippen MR) is 77.4 cm³/mol. The van der Waals surface area contributed by atoms with Gasteiger partial charge in [0.2, 0.25) is 0 Å². The summed E-state index contributed by atoms with van der Waals surface area (Å²) in [6, 6.07) is 7.12. The van der Waals surface area contributed by atoms with E-state index in [1.165, 1.54) is 0 Å². The van der Waals surface area contributed by atoms with Crippen LogP contribution >= 0.6 is 11.6 Å². The normalized spacial score (nSPS) is 11.2. The summed E-state index contributed by atoms with van der Waals surface area (Å²) in [6.45, 7) is 9.40. The number of carbonyl (C=O) groups is 1. The van der Waals surface area contributed by atoms with Crippen molar-refractivity contribution in [1.29, 1.82) is 0 Å². The van der Waals surface area contributed by atoms with E-state index in [-0.39, 0.29) is 5.78 Å².